The fourth-order valence-corrected chi connectivity index (χ4v) is 4.89. The predicted molar refractivity (Wildman–Crippen MR) is 131 cm³/mol. The molecule has 0 saturated carbocycles. The van der Waals surface area contributed by atoms with Gasteiger partial charge in [0.25, 0.3) is 5.91 Å². The molecule has 2 heterocycles. The van der Waals surface area contributed by atoms with Crippen LogP contribution in [0, 0.1) is 0 Å². The summed E-state index contributed by atoms with van der Waals surface area (Å²) in [4.78, 5) is 32.7. The van der Waals surface area contributed by atoms with Crippen molar-refractivity contribution in [3.05, 3.63) is 70.9 Å². The maximum Gasteiger partial charge on any atom is 0.339 e. The van der Waals surface area contributed by atoms with Gasteiger partial charge in [0.15, 0.2) is 6.61 Å². The number of hydrogen-bond acceptors (Lipinski definition) is 5. The Bertz CT molecular complexity index is 1260. The van der Waals surface area contributed by atoms with Crippen LogP contribution in [0.25, 0.3) is 22.6 Å². The largest absolute Gasteiger partial charge is 0.508 e. The van der Waals surface area contributed by atoms with Gasteiger partial charge < -0.3 is 14.7 Å². The lowest BCUT2D eigenvalue weighted by Crippen LogP contribution is -2.35. The lowest BCUT2D eigenvalue weighted by Gasteiger charge is -2.20. The minimum Gasteiger partial charge on any atom is -0.508 e. The summed E-state index contributed by atoms with van der Waals surface area (Å²) in [5.41, 5.74) is 4.92. The molecule has 2 aliphatic rings. The van der Waals surface area contributed by atoms with Crippen LogP contribution in [-0.2, 0) is 16.0 Å². The fraction of sp³-hybridized carbons (Fsp3) is 0.321. The second-order valence-electron chi connectivity index (χ2n) is 8.96. The molecule has 6 nitrogen and oxygen atoms in total. The van der Waals surface area contributed by atoms with Crippen molar-refractivity contribution in [2.45, 2.75) is 38.5 Å². The van der Waals surface area contributed by atoms with Crippen LogP contribution < -0.4 is 0 Å². The lowest BCUT2D eigenvalue weighted by molar-refractivity contribution is -0.134. The average Bonchev–Trinajstić information content (AvgIpc) is 3.06. The zero-order valence-corrected chi connectivity index (χ0v) is 19.1. The van der Waals surface area contributed by atoms with Crippen LogP contribution in [0.1, 0.15) is 59.3 Å². The first-order valence-corrected chi connectivity index (χ1v) is 12.0. The number of nitrogens with zero attached hydrogens (tertiary/aromatic N) is 2. The lowest BCUT2D eigenvalue weighted by atomic mass is 10.0. The van der Waals surface area contributed by atoms with E-state index in [2.05, 4.69) is 0 Å². The van der Waals surface area contributed by atoms with Crippen LogP contribution in [0.15, 0.2) is 48.5 Å². The molecule has 3 aromatic rings. The summed E-state index contributed by atoms with van der Waals surface area (Å²) in [5.74, 6) is -0.375. The van der Waals surface area contributed by atoms with Gasteiger partial charge in [-0.25, -0.2) is 9.78 Å². The number of phenols is 1. The van der Waals surface area contributed by atoms with E-state index in [1.165, 1.54) is 0 Å². The monoisotopic (exact) mass is 456 g/mol. The van der Waals surface area contributed by atoms with E-state index in [-0.39, 0.29) is 18.3 Å². The topological polar surface area (TPSA) is 79.7 Å². The first-order chi connectivity index (χ1) is 16.6. The number of ether oxygens (including phenoxy) is 1. The van der Waals surface area contributed by atoms with E-state index in [9.17, 15) is 14.7 Å². The highest BCUT2D eigenvalue weighted by Gasteiger charge is 2.28. The molecule has 174 valence electrons. The SMILES string of the molecule is O=C(OCC(=O)N1CCCCCC1)c1c2c(nc3ccccc13)C(=Cc1ccc(O)cc1)CC2. The minimum absolute atomic E-state index is 0.127. The molecule has 1 aliphatic heterocycles. The van der Waals surface area contributed by atoms with E-state index >= 15 is 0 Å². The van der Waals surface area contributed by atoms with Gasteiger partial charge in [0, 0.05) is 18.5 Å². The zero-order valence-electron chi connectivity index (χ0n) is 19.1. The Kier molecular flexibility index (Phi) is 6.30. The first-order valence-electron chi connectivity index (χ1n) is 12.0. The summed E-state index contributed by atoms with van der Waals surface area (Å²) in [6.07, 6.45) is 7.76. The van der Waals surface area contributed by atoms with E-state index in [4.69, 9.17) is 9.72 Å². The van der Waals surface area contributed by atoms with Crippen molar-refractivity contribution in [2.24, 2.45) is 0 Å². The number of aromatic hydroxyl groups is 1. The number of carbonyl (C=O) groups excluding carboxylic acids is 2. The standard InChI is InChI=1S/C28H28N2O4/c31-21-12-9-19(10-13-21)17-20-11-14-23-26(22-7-3-4-8-24(22)29-27(20)23)28(33)34-18-25(32)30-15-5-1-2-6-16-30/h3-4,7-10,12-13,17,31H,1-2,5-6,11,14-16,18H2. The smallest absolute Gasteiger partial charge is 0.339 e. The summed E-state index contributed by atoms with van der Waals surface area (Å²) in [6, 6.07) is 14.6. The summed E-state index contributed by atoms with van der Waals surface area (Å²) in [6.45, 7) is 1.23. The van der Waals surface area contributed by atoms with Crippen LogP contribution in [0.3, 0.4) is 0 Å². The van der Waals surface area contributed by atoms with Crippen molar-refractivity contribution in [2.75, 3.05) is 19.7 Å². The number of hydrogen-bond donors (Lipinski definition) is 1. The van der Waals surface area contributed by atoms with Crippen molar-refractivity contribution in [1.29, 1.82) is 0 Å². The third kappa shape index (κ3) is 4.53. The number of aromatic nitrogens is 1. The summed E-state index contributed by atoms with van der Waals surface area (Å²) < 4.78 is 5.58. The molecule has 1 amide bonds. The number of carbonyl (C=O) groups is 2. The zero-order chi connectivity index (χ0) is 23.5. The molecular weight excluding hydrogens is 428 g/mol. The molecular formula is C28H28N2O4. The van der Waals surface area contributed by atoms with Crippen molar-refractivity contribution in [1.82, 2.24) is 9.88 Å². The van der Waals surface area contributed by atoms with Crippen LogP contribution in [0.5, 0.6) is 5.75 Å². The Morgan fingerprint density at radius 3 is 2.47 bits per heavy atom. The maximum atomic E-state index is 13.3. The van der Waals surface area contributed by atoms with Gasteiger partial charge in [-0.2, -0.15) is 0 Å². The molecule has 1 N–H and O–H groups in total. The quantitative estimate of drug-likeness (QED) is 0.560. The average molecular weight is 457 g/mol. The molecule has 0 unspecified atom stereocenters. The molecule has 1 saturated heterocycles. The number of amides is 1. The molecule has 1 aromatic heterocycles. The van der Waals surface area contributed by atoms with E-state index in [0.29, 0.717) is 12.0 Å². The molecule has 0 radical (unpaired) electrons. The highest BCUT2D eigenvalue weighted by atomic mass is 16.5. The highest BCUT2D eigenvalue weighted by Crippen LogP contribution is 2.38. The summed E-state index contributed by atoms with van der Waals surface area (Å²) >= 11 is 0. The number of esters is 1. The van der Waals surface area contributed by atoms with E-state index in [0.717, 1.165) is 78.5 Å². The number of likely N-dealkylation sites (tertiary alicyclic amines) is 1. The van der Waals surface area contributed by atoms with Crippen LogP contribution in [-0.4, -0.2) is 46.6 Å². The molecule has 0 atom stereocenters. The molecule has 0 spiro atoms. The van der Waals surface area contributed by atoms with E-state index in [1.807, 2.05) is 47.4 Å². The van der Waals surface area contributed by atoms with Gasteiger partial charge in [-0.05, 0) is 66.7 Å². The molecule has 2 aromatic carbocycles. The fourth-order valence-electron chi connectivity index (χ4n) is 4.89. The second-order valence-corrected chi connectivity index (χ2v) is 8.96. The van der Waals surface area contributed by atoms with Crippen LogP contribution >= 0.6 is 0 Å². The highest BCUT2D eigenvalue weighted by molar-refractivity contribution is 6.07. The summed E-state index contributed by atoms with van der Waals surface area (Å²) in [5, 5.41) is 10.3. The van der Waals surface area contributed by atoms with Gasteiger partial charge in [-0.3, -0.25) is 4.79 Å². The van der Waals surface area contributed by atoms with Crippen LogP contribution in [0.2, 0.25) is 0 Å². The molecule has 1 aliphatic carbocycles. The Labute approximate surface area is 198 Å². The Balaban J connectivity index is 1.44. The van der Waals surface area contributed by atoms with Gasteiger partial charge in [0.2, 0.25) is 0 Å². The third-order valence-corrected chi connectivity index (χ3v) is 6.67. The molecule has 34 heavy (non-hydrogen) atoms. The van der Waals surface area contributed by atoms with E-state index in [1.54, 1.807) is 12.1 Å². The number of para-hydroxylation sites is 1. The number of benzene rings is 2. The maximum absolute atomic E-state index is 13.3. The van der Waals surface area contributed by atoms with Gasteiger partial charge in [0.05, 0.1) is 16.8 Å². The molecule has 0 bridgehead atoms. The van der Waals surface area contributed by atoms with Crippen molar-refractivity contribution < 1.29 is 19.4 Å². The van der Waals surface area contributed by atoms with Crippen molar-refractivity contribution >= 4 is 34.4 Å². The van der Waals surface area contributed by atoms with E-state index < -0.39 is 5.97 Å². The van der Waals surface area contributed by atoms with Gasteiger partial charge >= 0.3 is 5.97 Å². The third-order valence-electron chi connectivity index (χ3n) is 6.67. The predicted octanol–water partition coefficient (Wildman–Crippen LogP) is 4.99. The number of pyridine rings is 1. The Morgan fingerprint density at radius 2 is 1.71 bits per heavy atom. The Morgan fingerprint density at radius 1 is 0.971 bits per heavy atom. The number of phenolic OH excluding ortho intramolecular Hbond substituents is 1. The molecule has 6 heteroatoms. The second kappa shape index (κ2) is 9.67. The normalized spacial score (nSPS) is 16.9. The van der Waals surface area contributed by atoms with Crippen molar-refractivity contribution in [3.63, 3.8) is 0 Å². The Hall–Kier alpha value is -3.67. The van der Waals surface area contributed by atoms with Gasteiger partial charge in [-0.15, -0.1) is 0 Å². The van der Waals surface area contributed by atoms with Gasteiger partial charge in [0.1, 0.15) is 5.75 Å². The summed E-state index contributed by atoms with van der Waals surface area (Å²) in [7, 11) is 0. The number of fused-ring (bicyclic) bond motifs is 2. The van der Waals surface area contributed by atoms with Crippen LogP contribution in [0.4, 0.5) is 0 Å². The van der Waals surface area contributed by atoms with Gasteiger partial charge in [-0.1, -0.05) is 43.2 Å². The van der Waals surface area contributed by atoms with Crippen molar-refractivity contribution in [3.8, 4) is 5.75 Å². The molecule has 5 rings (SSSR count). The number of allylic oxidation sites excluding steroid dienone is 1. The first kappa shape index (κ1) is 22.1. The molecule has 1 fully saturated rings. The minimum atomic E-state index is -0.469. The number of rotatable bonds is 4.